The first-order chi connectivity index (χ1) is 8.63. The summed E-state index contributed by atoms with van der Waals surface area (Å²) in [6.07, 6.45) is 1.73. The van der Waals surface area contributed by atoms with Crippen molar-refractivity contribution in [2.75, 3.05) is 24.5 Å². The van der Waals surface area contributed by atoms with E-state index < -0.39 is 0 Å². The van der Waals surface area contributed by atoms with Gasteiger partial charge in [-0.15, -0.1) is 0 Å². The molecule has 0 aliphatic carbocycles. The van der Waals surface area contributed by atoms with Gasteiger partial charge in [-0.3, -0.25) is 0 Å². The van der Waals surface area contributed by atoms with E-state index in [-0.39, 0.29) is 5.54 Å². The molecule has 2 unspecified atom stereocenters. The SMILES string of the molecule is CC1(C)C2CNCC2CN1c1cc(C#N)ccn1. The molecular weight excluding hydrogens is 224 g/mol. The summed E-state index contributed by atoms with van der Waals surface area (Å²) in [5, 5.41) is 12.5. The van der Waals surface area contributed by atoms with E-state index in [1.165, 1.54) is 0 Å². The first-order valence-electron chi connectivity index (χ1n) is 6.47. The molecule has 94 valence electrons. The van der Waals surface area contributed by atoms with E-state index in [0.717, 1.165) is 25.5 Å². The summed E-state index contributed by atoms with van der Waals surface area (Å²) < 4.78 is 0. The molecule has 3 heterocycles. The van der Waals surface area contributed by atoms with Crippen molar-refractivity contribution in [1.29, 1.82) is 5.26 Å². The minimum atomic E-state index is 0.106. The first-order valence-corrected chi connectivity index (χ1v) is 6.47. The molecule has 4 nitrogen and oxygen atoms in total. The zero-order valence-corrected chi connectivity index (χ0v) is 10.8. The van der Waals surface area contributed by atoms with Crippen LogP contribution >= 0.6 is 0 Å². The van der Waals surface area contributed by atoms with E-state index in [9.17, 15) is 0 Å². The lowest BCUT2D eigenvalue weighted by Gasteiger charge is -2.36. The third kappa shape index (κ3) is 1.58. The number of nitrogens with zero attached hydrogens (tertiary/aromatic N) is 3. The second-order valence-electron chi connectivity index (χ2n) is 5.80. The molecule has 0 radical (unpaired) electrons. The summed E-state index contributed by atoms with van der Waals surface area (Å²) in [7, 11) is 0. The highest BCUT2D eigenvalue weighted by molar-refractivity contribution is 5.49. The van der Waals surface area contributed by atoms with Crippen molar-refractivity contribution in [2.24, 2.45) is 11.8 Å². The van der Waals surface area contributed by atoms with Crippen molar-refractivity contribution in [3.8, 4) is 6.07 Å². The minimum absolute atomic E-state index is 0.106. The van der Waals surface area contributed by atoms with Crippen LogP contribution in [0.1, 0.15) is 19.4 Å². The molecule has 0 saturated carbocycles. The normalized spacial score (nSPS) is 29.1. The molecule has 18 heavy (non-hydrogen) atoms. The second kappa shape index (κ2) is 3.96. The Morgan fingerprint density at radius 2 is 2.33 bits per heavy atom. The molecule has 1 N–H and O–H groups in total. The summed E-state index contributed by atoms with van der Waals surface area (Å²) in [5.41, 5.74) is 0.792. The van der Waals surface area contributed by atoms with Crippen molar-refractivity contribution in [3.05, 3.63) is 23.9 Å². The standard InChI is InChI=1S/C14H18N4/c1-14(2)12-8-16-7-11(12)9-18(14)13-5-10(6-15)3-4-17-13/h3-5,11-12,16H,7-9H2,1-2H3. The summed E-state index contributed by atoms with van der Waals surface area (Å²) in [4.78, 5) is 6.81. The number of hydrogen-bond acceptors (Lipinski definition) is 4. The third-order valence-corrected chi connectivity index (χ3v) is 4.51. The molecule has 2 saturated heterocycles. The molecule has 0 bridgehead atoms. The highest BCUT2D eigenvalue weighted by Gasteiger charge is 2.49. The Morgan fingerprint density at radius 3 is 3.06 bits per heavy atom. The maximum atomic E-state index is 8.99. The third-order valence-electron chi connectivity index (χ3n) is 4.51. The lowest BCUT2D eigenvalue weighted by atomic mass is 9.85. The maximum absolute atomic E-state index is 8.99. The Balaban J connectivity index is 1.95. The van der Waals surface area contributed by atoms with Gasteiger partial charge in [0.05, 0.1) is 11.6 Å². The zero-order chi connectivity index (χ0) is 12.8. The highest BCUT2D eigenvalue weighted by atomic mass is 15.3. The van der Waals surface area contributed by atoms with Gasteiger partial charge in [-0.2, -0.15) is 5.26 Å². The molecule has 3 rings (SSSR count). The Kier molecular flexibility index (Phi) is 2.53. The van der Waals surface area contributed by atoms with Gasteiger partial charge in [0.25, 0.3) is 0 Å². The fourth-order valence-corrected chi connectivity index (χ4v) is 3.45. The summed E-state index contributed by atoms with van der Waals surface area (Å²) >= 11 is 0. The molecule has 2 aliphatic rings. The number of pyridine rings is 1. The van der Waals surface area contributed by atoms with E-state index in [4.69, 9.17) is 5.26 Å². The largest absolute Gasteiger partial charge is 0.351 e. The fraction of sp³-hybridized carbons (Fsp3) is 0.571. The highest BCUT2D eigenvalue weighted by Crippen LogP contribution is 2.42. The summed E-state index contributed by atoms with van der Waals surface area (Å²) in [5.74, 6) is 2.31. The Labute approximate surface area is 108 Å². The maximum Gasteiger partial charge on any atom is 0.130 e. The van der Waals surface area contributed by atoms with Crippen molar-refractivity contribution in [1.82, 2.24) is 10.3 Å². The van der Waals surface area contributed by atoms with Gasteiger partial charge in [0.1, 0.15) is 5.82 Å². The second-order valence-corrected chi connectivity index (χ2v) is 5.80. The van der Waals surface area contributed by atoms with Gasteiger partial charge < -0.3 is 10.2 Å². The summed E-state index contributed by atoms with van der Waals surface area (Å²) in [6.45, 7) is 7.79. The van der Waals surface area contributed by atoms with Crippen LogP contribution in [0, 0.1) is 23.2 Å². The van der Waals surface area contributed by atoms with Gasteiger partial charge >= 0.3 is 0 Å². The van der Waals surface area contributed by atoms with Gasteiger partial charge in [-0.05, 0) is 37.8 Å². The van der Waals surface area contributed by atoms with E-state index in [0.29, 0.717) is 17.4 Å². The van der Waals surface area contributed by atoms with Gasteiger partial charge in [-0.1, -0.05) is 0 Å². The van der Waals surface area contributed by atoms with Crippen LogP contribution in [0.3, 0.4) is 0 Å². The van der Waals surface area contributed by atoms with Gasteiger partial charge in [0, 0.05) is 31.4 Å². The fourth-order valence-electron chi connectivity index (χ4n) is 3.45. The number of nitrogens with one attached hydrogen (secondary N) is 1. The molecule has 2 atom stereocenters. The number of rotatable bonds is 1. The minimum Gasteiger partial charge on any atom is -0.351 e. The lowest BCUT2D eigenvalue weighted by Crippen LogP contribution is -2.45. The Morgan fingerprint density at radius 1 is 1.50 bits per heavy atom. The topological polar surface area (TPSA) is 52.0 Å². The van der Waals surface area contributed by atoms with Gasteiger partial charge in [-0.25, -0.2) is 4.98 Å². The number of hydrogen-bond donors (Lipinski definition) is 1. The van der Waals surface area contributed by atoms with E-state index >= 15 is 0 Å². The van der Waals surface area contributed by atoms with Crippen LogP contribution in [0.25, 0.3) is 0 Å². The van der Waals surface area contributed by atoms with Crippen LogP contribution < -0.4 is 10.2 Å². The molecule has 2 aliphatic heterocycles. The van der Waals surface area contributed by atoms with Crippen molar-refractivity contribution in [2.45, 2.75) is 19.4 Å². The molecule has 1 aromatic rings. The Hall–Kier alpha value is -1.60. The predicted octanol–water partition coefficient (Wildman–Crippen LogP) is 1.39. The molecule has 0 spiro atoms. The molecule has 1 aromatic heterocycles. The molecule has 2 fully saturated rings. The summed E-state index contributed by atoms with van der Waals surface area (Å²) in [6, 6.07) is 5.85. The van der Waals surface area contributed by atoms with E-state index in [2.05, 4.69) is 35.1 Å². The van der Waals surface area contributed by atoms with E-state index in [1.54, 1.807) is 12.3 Å². The van der Waals surface area contributed by atoms with Crippen molar-refractivity contribution in [3.63, 3.8) is 0 Å². The molecular formula is C14H18N4. The average molecular weight is 242 g/mol. The van der Waals surface area contributed by atoms with Crippen LogP contribution in [0.4, 0.5) is 5.82 Å². The predicted molar refractivity (Wildman–Crippen MR) is 70.2 cm³/mol. The number of fused-ring (bicyclic) bond motifs is 1. The Bertz CT molecular complexity index is 503. The van der Waals surface area contributed by atoms with E-state index in [1.807, 2.05) is 6.07 Å². The van der Waals surface area contributed by atoms with Crippen LogP contribution in [0.15, 0.2) is 18.3 Å². The zero-order valence-electron chi connectivity index (χ0n) is 10.8. The van der Waals surface area contributed by atoms with Gasteiger partial charge in [0.2, 0.25) is 0 Å². The molecule has 0 amide bonds. The quantitative estimate of drug-likeness (QED) is 0.808. The average Bonchev–Trinajstić information content (AvgIpc) is 2.92. The molecule has 0 aromatic carbocycles. The van der Waals surface area contributed by atoms with Crippen molar-refractivity contribution >= 4 is 5.82 Å². The van der Waals surface area contributed by atoms with Crippen LogP contribution in [-0.4, -0.2) is 30.2 Å². The molecule has 4 heteroatoms. The smallest absolute Gasteiger partial charge is 0.130 e. The lowest BCUT2D eigenvalue weighted by molar-refractivity contribution is 0.356. The number of anilines is 1. The number of nitriles is 1. The monoisotopic (exact) mass is 242 g/mol. The van der Waals surface area contributed by atoms with Crippen molar-refractivity contribution < 1.29 is 0 Å². The van der Waals surface area contributed by atoms with Gasteiger partial charge in [0.15, 0.2) is 0 Å². The van der Waals surface area contributed by atoms with Crippen LogP contribution in [0.2, 0.25) is 0 Å². The van der Waals surface area contributed by atoms with Crippen LogP contribution in [0.5, 0.6) is 0 Å². The number of aromatic nitrogens is 1. The first kappa shape index (κ1) is 11.5. The van der Waals surface area contributed by atoms with Crippen LogP contribution in [-0.2, 0) is 0 Å².